The van der Waals surface area contributed by atoms with Crippen molar-refractivity contribution in [1.29, 1.82) is 0 Å². The van der Waals surface area contributed by atoms with Crippen molar-refractivity contribution in [1.82, 2.24) is 0 Å². The standard InChI is InChI=1S/C15H12O/c1-11-4-2-5-12(10-11)13-6-3-7-15-14(13)8-9-16-15/h2-10H,1H3. The molecule has 1 heteroatoms. The molecule has 2 aromatic carbocycles. The van der Waals surface area contributed by atoms with E-state index < -0.39 is 0 Å². The Morgan fingerprint density at radius 3 is 2.69 bits per heavy atom. The summed E-state index contributed by atoms with van der Waals surface area (Å²) in [5.41, 5.74) is 4.69. The molecule has 0 saturated heterocycles. The van der Waals surface area contributed by atoms with E-state index in [1.54, 1.807) is 6.26 Å². The maximum absolute atomic E-state index is 5.41. The van der Waals surface area contributed by atoms with Gasteiger partial charge in [0.1, 0.15) is 5.58 Å². The van der Waals surface area contributed by atoms with Crippen LogP contribution < -0.4 is 0 Å². The van der Waals surface area contributed by atoms with Gasteiger partial charge in [-0.15, -0.1) is 0 Å². The molecule has 0 radical (unpaired) electrons. The molecular weight excluding hydrogens is 196 g/mol. The van der Waals surface area contributed by atoms with Gasteiger partial charge < -0.3 is 4.42 Å². The molecule has 0 fully saturated rings. The van der Waals surface area contributed by atoms with Gasteiger partial charge in [-0.3, -0.25) is 0 Å². The first kappa shape index (κ1) is 9.22. The fourth-order valence-corrected chi connectivity index (χ4v) is 2.06. The Balaban J connectivity index is 2.29. The van der Waals surface area contributed by atoms with Gasteiger partial charge in [-0.05, 0) is 30.2 Å². The summed E-state index contributed by atoms with van der Waals surface area (Å²) in [6.07, 6.45) is 1.74. The van der Waals surface area contributed by atoms with Crippen molar-refractivity contribution in [2.24, 2.45) is 0 Å². The monoisotopic (exact) mass is 208 g/mol. The second kappa shape index (κ2) is 3.53. The molecule has 78 valence electrons. The van der Waals surface area contributed by atoms with Crippen LogP contribution in [0.25, 0.3) is 22.1 Å². The van der Waals surface area contributed by atoms with Crippen molar-refractivity contribution in [2.45, 2.75) is 6.92 Å². The predicted molar refractivity (Wildman–Crippen MR) is 66.4 cm³/mol. The van der Waals surface area contributed by atoms with Crippen molar-refractivity contribution in [3.8, 4) is 11.1 Å². The van der Waals surface area contributed by atoms with Crippen LogP contribution in [0.2, 0.25) is 0 Å². The van der Waals surface area contributed by atoms with Crippen molar-refractivity contribution >= 4 is 11.0 Å². The number of aryl methyl sites for hydroxylation is 1. The zero-order valence-electron chi connectivity index (χ0n) is 9.10. The fourth-order valence-electron chi connectivity index (χ4n) is 2.06. The molecule has 16 heavy (non-hydrogen) atoms. The van der Waals surface area contributed by atoms with Gasteiger partial charge in [0, 0.05) is 5.39 Å². The third kappa shape index (κ3) is 1.41. The van der Waals surface area contributed by atoms with Crippen LogP contribution in [0.4, 0.5) is 0 Å². The van der Waals surface area contributed by atoms with Gasteiger partial charge in [-0.25, -0.2) is 0 Å². The van der Waals surface area contributed by atoms with E-state index >= 15 is 0 Å². The lowest BCUT2D eigenvalue weighted by molar-refractivity contribution is 0.616. The smallest absolute Gasteiger partial charge is 0.134 e. The lowest BCUT2D eigenvalue weighted by Gasteiger charge is -2.03. The number of hydrogen-bond donors (Lipinski definition) is 0. The van der Waals surface area contributed by atoms with Gasteiger partial charge in [-0.1, -0.05) is 42.0 Å². The van der Waals surface area contributed by atoms with Crippen LogP contribution in [-0.2, 0) is 0 Å². The Hall–Kier alpha value is -2.02. The normalized spacial score (nSPS) is 10.8. The molecular formula is C15H12O. The number of fused-ring (bicyclic) bond motifs is 1. The van der Waals surface area contributed by atoms with Crippen LogP contribution in [0, 0.1) is 6.92 Å². The molecule has 0 atom stereocenters. The first-order valence-electron chi connectivity index (χ1n) is 5.38. The molecule has 0 saturated carbocycles. The molecule has 0 spiro atoms. The Bertz CT molecular complexity index is 634. The first-order chi connectivity index (χ1) is 7.84. The van der Waals surface area contributed by atoms with E-state index in [4.69, 9.17) is 4.42 Å². The van der Waals surface area contributed by atoms with Gasteiger partial charge in [0.05, 0.1) is 6.26 Å². The summed E-state index contributed by atoms with van der Waals surface area (Å²) in [5.74, 6) is 0. The minimum atomic E-state index is 0.944. The highest BCUT2D eigenvalue weighted by molar-refractivity contribution is 5.93. The summed E-state index contributed by atoms with van der Waals surface area (Å²) >= 11 is 0. The highest BCUT2D eigenvalue weighted by atomic mass is 16.3. The second-order valence-corrected chi connectivity index (χ2v) is 4.01. The third-order valence-electron chi connectivity index (χ3n) is 2.82. The predicted octanol–water partition coefficient (Wildman–Crippen LogP) is 4.41. The molecule has 0 N–H and O–H groups in total. The molecule has 0 aliphatic heterocycles. The number of hydrogen-bond acceptors (Lipinski definition) is 1. The lowest BCUT2D eigenvalue weighted by Crippen LogP contribution is -1.79. The van der Waals surface area contributed by atoms with Crippen molar-refractivity contribution in [3.63, 3.8) is 0 Å². The minimum absolute atomic E-state index is 0.944. The molecule has 1 aromatic heterocycles. The number of rotatable bonds is 1. The van der Waals surface area contributed by atoms with Crippen LogP contribution in [0.1, 0.15) is 5.56 Å². The van der Waals surface area contributed by atoms with Crippen LogP contribution in [-0.4, -0.2) is 0 Å². The molecule has 0 aliphatic carbocycles. The van der Waals surface area contributed by atoms with Crippen LogP contribution in [0.5, 0.6) is 0 Å². The maximum Gasteiger partial charge on any atom is 0.134 e. The topological polar surface area (TPSA) is 13.1 Å². The van der Waals surface area contributed by atoms with Gasteiger partial charge in [0.25, 0.3) is 0 Å². The van der Waals surface area contributed by atoms with E-state index in [0.29, 0.717) is 0 Å². The van der Waals surface area contributed by atoms with E-state index in [9.17, 15) is 0 Å². The van der Waals surface area contributed by atoms with Gasteiger partial charge >= 0.3 is 0 Å². The Labute approximate surface area is 94.3 Å². The zero-order valence-corrected chi connectivity index (χ0v) is 9.10. The Kier molecular flexibility index (Phi) is 2.03. The van der Waals surface area contributed by atoms with E-state index in [1.165, 1.54) is 22.1 Å². The van der Waals surface area contributed by atoms with Gasteiger partial charge in [0.15, 0.2) is 0 Å². The average molecular weight is 208 g/mol. The molecule has 0 bridgehead atoms. The summed E-state index contributed by atoms with van der Waals surface area (Å²) in [6, 6.07) is 16.7. The molecule has 3 rings (SSSR count). The summed E-state index contributed by atoms with van der Waals surface area (Å²) in [6.45, 7) is 2.11. The second-order valence-electron chi connectivity index (χ2n) is 4.01. The van der Waals surface area contributed by atoms with E-state index in [0.717, 1.165) is 5.58 Å². The molecule has 1 nitrogen and oxygen atoms in total. The van der Waals surface area contributed by atoms with E-state index in [2.05, 4.69) is 37.3 Å². The number of benzene rings is 2. The van der Waals surface area contributed by atoms with E-state index in [-0.39, 0.29) is 0 Å². The van der Waals surface area contributed by atoms with Crippen LogP contribution in [0.3, 0.4) is 0 Å². The Morgan fingerprint density at radius 2 is 1.81 bits per heavy atom. The van der Waals surface area contributed by atoms with Crippen molar-refractivity contribution in [3.05, 3.63) is 60.4 Å². The fraction of sp³-hybridized carbons (Fsp3) is 0.0667. The highest BCUT2D eigenvalue weighted by Gasteiger charge is 2.04. The average Bonchev–Trinajstić information content (AvgIpc) is 2.76. The van der Waals surface area contributed by atoms with Gasteiger partial charge in [0.2, 0.25) is 0 Å². The molecule has 3 aromatic rings. The summed E-state index contributed by atoms with van der Waals surface area (Å²) < 4.78 is 5.41. The van der Waals surface area contributed by atoms with Gasteiger partial charge in [-0.2, -0.15) is 0 Å². The van der Waals surface area contributed by atoms with Crippen LogP contribution >= 0.6 is 0 Å². The molecule has 0 amide bonds. The number of furan rings is 1. The molecule has 0 unspecified atom stereocenters. The maximum atomic E-state index is 5.41. The van der Waals surface area contributed by atoms with Crippen LogP contribution in [0.15, 0.2) is 59.2 Å². The van der Waals surface area contributed by atoms with Crippen molar-refractivity contribution in [2.75, 3.05) is 0 Å². The molecule has 1 heterocycles. The summed E-state index contributed by atoms with van der Waals surface area (Å²) in [4.78, 5) is 0. The minimum Gasteiger partial charge on any atom is -0.464 e. The largest absolute Gasteiger partial charge is 0.464 e. The van der Waals surface area contributed by atoms with E-state index in [1.807, 2.05) is 18.2 Å². The highest BCUT2D eigenvalue weighted by Crippen LogP contribution is 2.29. The zero-order chi connectivity index (χ0) is 11.0. The third-order valence-corrected chi connectivity index (χ3v) is 2.82. The first-order valence-corrected chi connectivity index (χ1v) is 5.38. The lowest BCUT2D eigenvalue weighted by atomic mass is 10.0. The quantitative estimate of drug-likeness (QED) is 0.577. The summed E-state index contributed by atoms with van der Waals surface area (Å²) in [7, 11) is 0. The SMILES string of the molecule is Cc1cccc(-c2cccc3occc23)c1. The Morgan fingerprint density at radius 1 is 0.938 bits per heavy atom. The van der Waals surface area contributed by atoms with Crippen molar-refractivity contribution < 1.29 is 4.42 Å². The molecule has 0 aliphatic rings. The summed E-state index contributed by atoms with van der Waals surface area (Å²) in [5, 5.41) is 1.17.